The van der Waals surface area contributed by atoms with E-state index in [9.17, 15) is 19.5 Å². The molecular formula is C24H26N2O4S. The van der Waals surface area contributed by atoms with Crippen molar-refractivity contribution in [2.45, 2.75) is 33.2 Å². The van der Waals surface area contributed by atoms with Gasteiger partial charge in [-0.1, -0.05) is 49.4 Å². The number of carboxylic acid groups (broad SMARTS) is 1. The summed E-state index contributed by atoms with van der Waals surface area (Å²) in [5.41, 5.74) is 2.39. The Morgan fingerprint density at radius 3 is 2.42 bits per heavy atom. The summed E-state index contributed by atoms with van der Waals surface area (Å²) in [6, 6.07) is 9.64. The van der Waals surface area contributed by atoms with Gasteiger partial charge in [0.25, 0.3) is 5.91 Å². The number of carbonyl (C=O) groups excluding carboxylic acids is 2. The Morgan fingerprint density at radius 1 is 1.10 bits per heavy atom. The summed E-state index contributed by atoms with van der Waals surface area (Å²) in [5, 5.41) is 16.0. The molecule has 7 heteroatoms. The molecule has 1 fully saturated rings. The van der Waals surface area contributed by atoms with Crippen LogP contribution in [0.3, 0.4) is 0 Å². The number of aliphatic carboxylic acids is 1. The number of fused-ring (bicyclic) bond motifs is 2. The van der Waals surface area contributed by atoms with Crippen molar-refractivity contribution in [2.24, 2.45) is 23.7 Å². The van der Waals surface area contributed by atoms with E-state index in [1.807, 2.05) is 56.3 Å². The Balaban J connectivity index is 1.56. The molecule has 4 atom stereocenters. The van der Waals surface area contributed by atoms with Crippen molar-refractivity contribution < 1.29 is 19.5 Å². The van der Waals surface area contributed by atoms with Gasteiger partial charge in [0.1, 0.15) is 5.00 Å². The van der Waals surface area contributed by atoms with Crippen LogP contribution in [0.25, 0.3) is 0 Å². The van der Waals surface area contributed by atoms with E-state index in [0.717, 1.165) is 16.0 Å². The van der Waals surface area contributed by atoms with Crippen molar-refractivity contribution in [3.05, 3.63) is 64.1 Å². The van der Waals surface area contributed by atoms with Crippen LogP contribution in [0, 0.1) is 30.6 Å². The molecule has 0 radical (unpaired) electrons. The molecule has 162 valence electrons. The molecule has 1 heterocycles. The number of thiophene rings is 1. The van der Waals surface area contributed by atoms with E-state index in [1.165, 1.54) is 11.3 Å². The fourth-order valence-electron chi connectivity index (χ4n) is 4.91. The smallest absolute Gasteiger partial charge is 0.307 e. The highest BCUT2D eigenvalue weighted by molar-refractivity contribution is 7.16. The lowest BCUT2D eigenvalue weighted by Gasteiger charge is -2.23. The Morgan fingerprint density at radius 2 is 1.77 bits per heavy atom. The van der Waals surface area contributed by atoms with Gasteiger partial charge in [0, 0.05) is 11.4 Å². The van der Waals surface area contributed by atoms with Crippen LogP contribution in [0.4, 0.5) is 5.00 Å². The Hall–Kier alpha value is -2.93. The van der Waals surface area contributed by atoms with Crippen molar-refractivity contribution in [3.8, 4) is 0 Å². The number of hydrogen-bond acceptors (Lipinski definition) is 4. The minimum absolute atomic E-state index is 0.0619. The number of allylic oxidation sites excluding steroid dienone is 2. The average molecular weight is 439 g/mol. The third kappa shape index (κ3) is 4.02. The molecule has 4 rings (SSSR count). The lowest BCUT2D eigenvalue weighted by atomic mass is 9.82. The molecule has 0 aliphatic heterocycles. The minimum Gasteiger partial charge on any atom is -0.481 e. The fraction of sp³-hybridized carbons (Fsp3) is 0.375. The van der Waals surface area contributed by atoms with E-state index < -0.39 is 17.8 Å². The highest BCUT2D eigenvalue weighted by Crippen LogP contribution is 2.48. The highest BCUT2D eigenvalue weighted by Gasteiger charge is 2.51. The van der Waals surface area contributed by atoms with E-state index in [-0.39, 0.29) is 23.7 Å². The second kappa shape index (κ2) is 8.67. The average Bonchev–Trinajstić information content (AvgIpc) is 3.45. The maximum absolute atomic E-state index is 13.1. The molecule has 1 aromatic heterocycles. The maximum Gasteiger partial charge on any atom is 0.307 e. The van der Waals surface area contributed by atoms with Crippen LogP contribution in [-0.2, 0) is 22.6 Å². The van der Waals surface area contributed by atoms with Crippen LogP contribution >= 0.6 is 11.3 Å². The first-order chi connectivity index (χ1) is 14.9. The number of carbonyl (C=O) groups is 3. The minimum atomic E-state index is -0.936. The van der Waals surface area contributed by atoms with Crippen LogP contribution in [0.1, 0.15) is 39.7 Å². The number of rotatable bonds is 7. The molecule has 2 aliphatic carbocycles. The van der Waals surface area contributed by atoms with Gasteiger partial charge in [-0.2, -0.15) is 0 Å². The molecule has 0 unspecified atom stereocenters. The Labute approximate surface area is 185 Å². The molecule has 2 aromatic rings. The SMILES string of the molecule is CCc1c(C)sc(NC(=O)[C@@H]2[C@H](C(=O)O)[C@H]3C=C[C@H]2C3)c1C(=O)NCc1ccccc1. The zero-order valence-electron chi connectivity index (χ0n) is 17.6. The standard InChI is InChI=1S/C24H26N2O4S/c1-3-17-13(2)31-23(20(17)21(27)25-12-14-7-5-4-6-8-14)26-22(28)18-15-9-10-16(11-15)19(18)24(29)30/h4-10,15-16,18-19H,3,11-12H2,1-2H3,(H,25,27)(H,26,28)(H,29,30)/t15-,16-,18-,19+/m0/s1. The zero-order chi connectivity index (χ0) is 22.1. The van der Waals surface area contributed by atoms with Crippen LogP contribution in [0.5, 0.6) is 0 Å². The number of hydrogen-bond donors (Lipinski definition) is 3. The maximum atomic E-state index is 13.1. The molecule has 2 aliphatic rings. The van der Waals surface area contributed by atoms with Crippen molar-refractivity contribution in [3.63, 3.8) is 0 Å². The predicted molar refractivity (Wildman–Crippen MR) is 120 cm³/mol. The van der Waals surface area contributed by atoms with Crippen molar-refractivity contribution >= 4 is 34.1 Å². The Bertz CT molecular complexity index is 1040. The molecule has 2 bridgehead atoms. The van der Waals surface area contributed by atoms with Crippen molar-refractivity contribution in [2.75, 3.05) is 5.32 Å². The number of anilines is 1. The number of benzene rings is 1. The summed E-state index contributed by atoms with van der Waals surface area (Å²) in [6.07, 6.45) is 5.24. The van der Waals surface area contributed by atoms with Gasteiger partial charge in [-0.05, 0) is 42.7 Å². The number of carboxylic acids is 1. The van der Waals surface area contributed by atoms with Gasteiger partial charge in [-0.25, -0.2) is 0 Å². The molecule has 1 saturated carbocycles. The highest BCUT2D eigenvalue weighted by atomic mass is 32.1. The zero-order valence-corrected chi connectivity index (χ0v) is 18.4. The molecule has 6 nitrogen and oxygen atoms in total. The fourth-order valence-corrected chi connectivity index (χ4v) is 6.06. The molecule has 0 spiro atoms. The first kappa shape index (κ1) is 21.3. The first-order valence-corrected chi connectivity index (χ1v) is 11.4. The van der Waals surface area contributed by atoms with E-state index >= 15 is 0 Å². The lowest BCUT2D eigenvalue weighted by molar-refractivity contribution is -0.146. The summed E-state index contributed by atoms with van der Waals surface area (Å²) in [7, 11) is 0. The molecule has 31 heavy (non-hydrogen) atoms. The van der Waals surface area contributed by atoms with Crippen LogP contribution in [0.2, 0.25) is 0 Å². The van der Waals surface area contributed by atoms with E-state index in [4.69, 9.17) is 0 Å². The van der Waals surface area contributed by atoms with E-state index in [0.29, 0.717) is 30.0 Å². The monoisotopic (exact) mass is 438 g/mol. The lowest BCUT2D eigenvalue weighted by Crippen LogP contribution is -2.36. The number of nitrogens with one attached hydrogen (secondary N) is 2. The second-order valence-electron chi connectivity index (χ2n) is 8.19. The van der Waals surface area contributed by atoms with Crippen LogP contribution in [-0.4, -0.2) is 22.9 Å². The summed E-state index contributed by atoms with van der Waals surface area (Å²) in [6.45, 7) is 4.31. The van der Waals surface area contributed by atoms with Gasteiger partial charge in [0.2, 0.25) is 5.91 Å². The normalized spacial score (nSPS) is 23.7. The molecule has 3 N–H and O–H groups in total. The third-order valence-electron chi connectivity index (χ3n) is 6.37. The summed E-state index contributed by atoms with van der Waals surface area (Å²) >= 11 is 1.37. The summed E-state index contributed by atoms with van der Waals surface area (Å²) < 4.78 is 0. The van der Waals surface area contributed by atoms with Crippen LogP contribution in [0.15, 0.2) is 42.5 Å². The number of aryl methyl sites for hydroxylation is 1. The van der Waals surface area contributed by atoms with Gasteiger partial charge >= 0.3 is 5.97 Å². The first-order valence-electron chi connectivity index (χ1n) is 10.6. The molecular weight excluding hydrogens is 412 g/mol. The number of amides is 2. The van der Waals surface area contributed by atoms with Gasteiger partial charge in [-0.15, -0.1) is 11.3 Å². The molecule has 1 aromatic carbocycles. The van der Waals surface area contributed by atoms with Gasteiger partial charge in [0.15, 0.2) is 0 Å². The van der Waals surface area contributed by atoms with E-state index in [2.05, 4.69) is 10.6 Å². The Kier molecular flexibility index (Phi) is 5.96. The van der Waals surface area contributed by atoms with Gasteiger partial charge in [-0.3, -0.25) is 14.4 Å². The quantitative estimate of drug-likeness (QED) is 0.569. The topological polar surface area (TPSA) is 95.5 Å². The predicted octanol–water partition coefficient (Wildman–Crippen LogP) is 4.01. The molecule has 2 amide bonds. The molecule has 0 saturated heterocycles. The van der Waals surface area contributed by atoms with E-state index in [1.54, 1.807) is 0 Å². The third-order valence-corrected chi connectivity index (χ3v) is 7.43. The van der Waals surface area contributed by atoms with Gasteiger partial charge < -0.3 is 15.7 Å². The summed E-state index contributed by atoms with van der Waals surface area (Å²) in [5.74, 6) is -2.96. The summed E-state index contributed by atoms with van der Waals surface area (Å²) in [4.78, 5) is 39.0. The second-order valence-corrected chi connectivity index (χ2v) is 9.41. The largest absolute Gasteiger partial charge is 0.481 e. The van der Waals surface area contributed by atoms with Gasteiger partial charge in [0.05, 0.1) is 17.4 Å². The van der Waals surface area contributed by atoms with Crippen LogP contribution < -0.4 is 10.6 Å². The van der Waals surface area contributed by atoms with Crippen molar-refractivity contribution in [1.29, 1.82) is 0 Å². The van der Waals surface area contributed by atoms with Crippen molar-refractivity contribution in [1.82, 2.24) is 5.32 Å².